The number of carboxylic acids is 2. The zero-order chi connectivity index (χ0) is 16.4. The molecule has 0 spiro atoms. The molecule has 4 nitrogen and oxygen atoms in total. The summed E-state index contributed by atoms with van der Waals surface area (Å²) in [7, 11) is 0. The van der Waals surface area contributed by atoms with E-state index in [-0.39, 0.29) is 16.5 Å². The lowest BCUT2D eigenvalue weighted by Gasteiger charge is -2.57. The number of carbonyl (C=O) groups is 2. The van der Waals surface area contributed by atoms with Crippen LogP contribution in [-0.4, -0.2) is 22.2 Å². The molecule has 4 heteroatoms. The summed E-state index contributed by atoms with van der Waals surface area (Å²) >= 11 is 0. The molecular weight excluding hydrogens is 292 g/mol. The minimum atomic E-state index is -1.05. The second-order valence-corrected chi connectivity index (χ2v) is 7.97. The third-order valence-electron chi connectivity index (χ3n) is 6.52. The molecular formula is C19H22O4. The Morgan fingerprint density at radius 1 is 0.957 bits per heavy atom. The predicted molar refractivity (Wildman–Crippen MR) is 84.9 cm³/mol. The van der Waals surface area contributed by atoms with E-state index in [0.29, 0.717) is 5.56 Å². The van der Waals surface area contributed by atoms with Crippen molar-refractivity contribution in [3.05, 3.63) is 34.4 Å². The number of carboxylic acid groups (broad SMARTS) is 2. The van der Waals surface area contributed by atoms with E-state index < -0.39 is 11.9 Å². The molecule has 4 saturated carbocycles. The smallest absolute Gasteiger partial charge is 0.336 e. The van der Waals surface area contributed by atoms with Gasteiger partial charge in [0.2, 0.25) is 0 Å². The van der Waals surface area contributed by atoms with E-state index in [1.165, 1.54) is 19.3 Å². The molecule has 5 rings (SSSR count). The van der Waals surface area contributed by atoms with Crippen molar-refractivity contribution in [2.45, 2.75) is 50.9 Å². The largest absolute Gasteiger partial charge is 0.478 e. The number of rotatable bonds is 3. The molecule has 0 unspecified atom stereocenters. The van der Waals surface area contributed by atoms with Crippen molar-refractivity contribution in [2.75, 3.05) is 0 Å². The van der Waals surface area contributed by atoms with Gasteiger partial charge in [-0.25, -0.2) is 9.59 Å². The summed E-state index contributed by atoms with van der Waals surface area (Å²) in [5.41, 5.74) is 1.61. The number of hydrogen-bond acceptors (Lipinski definition) is 2. The van der Waals surface area contributed by atoms with E-state index in [9.17, 15) is 19.8 Å². The maximum Gasteiger partial charge on any atom is 0.336 e. The summed E-state index contributed by atoms with van der Waals surface area (Å²) in [6, 6.07) is 3.41. The van der Waals surface area contributed by atoms with Gasteiger partial charge in [0.05, 0.1) is 11.1 Å². The second-order valence-electron chi connectivity index (χ2n) is 7.97. The van der Waals surface area contributed by atoms with Gasteiger partial charge in [-0.15, -0.1) is 0 Å². The Morgan fingerprint density at radius 3 is 1.91 bits per heavy atom. The van der Waals surface area contributed by atoms with Crippen LogP contribution >= 0.6 is 0 Å². The zero-order valence-corrected chi connectivity index (χ0v) is 13.3. The van der Waals surface area contributed by atoms with Crippen molar-refractivity contribution < 1.29 is 19.8 Å². The first-order valence-corrected chi connectivity index (χ1v) is 8.50. The lowest BCUT2D eigenvalue weighted by Crippen LogP contribution is -2.49. The van der Waals surface area contributed by atoms with Gasteiger partial charge in [-0.3, -0.25) is 0 Å². The van der Waals surface area contributed by atoms with Crippen molar-refractivity contribution in [1.29, 1.82) is 0 Å². The molecule has 23 heavy (non-hydrogen) atoms. The minimum absolute atomic E-state index is 0.0374. The fourth-order valence-electron chi connectivity index (χ4n) is 6.10. The third-order valence-corrected chi connectivity index (χ3v) is 6.52. The molecule has 122 valence electrons. The maximum absolute atomic E-state index is 11.9. The van der Waals surface area contributed by atoms with Crippen molar-refractivity contribution >= 4 is 11.9 Å². The zero-order valence-electron chi connectivity index (χ0n) is 13.3. The van der Waals surface area contributed by atoms with Crippen molar-refractivity contribution in [1.82, 2.24) is 0 Å². The van der Waals surface area contributed by atoms with Crippen LogP contribution in [-0.2, 0) is 5.41 Å². The van der Waals surface area contributed by atoms with Crippen LogP contribution in [0.5, 0.6) is 0 Å². The van der Waals surface area contributed by atoms with E-state index in [2.05, 4.69) is 0 Å². The van der Waals surface area contributed by atoms with Gasteiger partial charge in [0, 0.05) is 0 Å². The van der Waals surface area contributed by atoms with E-state index in [1.807, 2.05) is 0 Å². The van der Waals surface area contributed by atoms with Crippen molar-refractivity contribution in [2.24, 2.45) is 17.8 Å². The average molecular weight is 314 g/mol. The van der Waals surface area contributed by atoms with Gasteiger partial charge in [-0.1, -0.05) is 6.07 Å². The molecule has 4 bridgehead atoms. The monoisotopic (exact) mass is 314 g/mol. The maximum atomic E-state index is 11.9. The van der Waals surface area contributed by atoms with Gasteiger partial charge in [0.1, 0.15) is 0 Å². The van der Waals surface area contributed by atoms with Crippen molar-refractivity contribution in [3.8, 4) is 0 Å². The van der Waals surface area contributed by atoms with Gasteiger partial charge < -0.3 is 10.2 Å². The highest BCUT2D eigenvalue weighted by atomic mass is 16.4. The fourth-order valence-corrected chi connectivity index (χ4v) is 6.10. The molecule has 0 saturated heterocycles. The summed E-state index contributed by atoms with van der Waals surface area (Å²) in [5.74, 6) is 0.130. The predicted octanol–water partition coefficient (Wildman–Crippen LogP) is 3.86. The molecule has 0 radical (unpaired) electrons. The number of aromatic carboxylic acids is 2. The Balaban J connectivity index is 1.87. The summed E-state index contributed by atoms with van der Waals surface area (Å²) in [5, 5.41) is 19.1. The van der Waals surface area contributed by atoms with Gasteiger partial charge in [0.25, 0.3) is 0 Å². The normalized spacial score (nSPS) is 34.6. The SMILES string of the molecule is Cc1c(C(=O)O)ccc(C23CC4CC(CC(C4)C2)C3)c1C(=O)O. The van der Waals surface area contributed by atoms with Crippen LogP contribution in [0.1, 0.15) is 70.4 Å². The molecule has 0 aliphatic heterocycles. The van der Waals surface area contributed by atoms with Crippen LogP contribution in [0.4, 0.5) is 0 Å². The molecule has 0 atom stereocenters. The first-order chi connectivity index (χ1) is 10.9. The van der Waals surface area contributed by atoms with Crippen LogP contribution in [0, 0.1) is 24.7 Å². The Hall–Kier alpha value is -1.84. The molecule has 2 N–H and O–H groups in total. The highest BCUT2D eigenvalue weighted by molar-refractivity contribution is 5.98. The highest BCUT2D eigenvalue weighted by Gasteiger charge is 2.52. The van der Waals surface area contributed by atoms with Crippen molar-refractivity contribution in [3.63, 3.8) is 0 Å². The summed E-state index contributed by atoms with van der Waals surface area (Å²) in [6.07, 6.45) is 7.12. The number of hydrogen-bond donors (Lipinski definition) is 2. The lowest BCUT2D eigenvalue weighted by molar-refractivity contribution is -0.00587. The van der Waals surface area contributed by atoms with Gasteiger partial charge >= 0.3 is 11.9 Å². The number of benzene rings is 1. The topological polar surface area (TPSA) is 74.6 Å². The Bertz CT molecular complexity index is 668. The second kappa shape index (κ2) is 4.83. The Kier molecular flexibility index (Phi) is 3.09. The lowest BCUT2D eigenvalue weighted by atomic mass is 9.47. The Morgan fingerprint density at radius 2 is 1.48 bits per heavy atom. The molecule has 4 fully saturated rings. The van der Waals surface area contributed by atoms with Crippen LogP contribution < -0.4 is 0 Å². The molecule has 4 aliphatic carbocycles. The summed E-state index contributed by atoms with van der Waals surface area (Å²) in [4.78, 5) is 23.3. The van der Waals surface area contributed by atoms with Gasteiger partial charge in [-0.05, 0) is 85.8 Å². The van der Waals surface area contributed by atoms with Gasteiger partial charge in [0.15, 0.2) is 0 Å². The van der Waals surface area contributed by atoms with Crippen LogP contribution in [0.25, 0.3) is 0 Å². The van der Waals surface area contributed by atoms with Crippen LogP contribution in [0.3, 0.4) is 0 Å². The van der Waals surface area contributed by atoms with E-state index in [1.54, 1.807) is 19.1 Å². The Labute approximate surface area is 135 Å². The highest BCUT2D eigenvalue weighted by Crippen LogP contribution is 2.61. The van der Waals surface area contributed by atoms with Crippen LogP contribution in [0.15, 0.2) is 12.1 Å². The van der Waals surface area contributed by atoms with Crippen LogP contribution in [0.2, 0.25) is 0 Å². The van der Waals surface area contributed by atoms with Gasteiger partial charge in [-0.2, -0.15) is 0 Å². The first-order valence-electron chi connectivity index (χ1n) is 8.50. The first kappa shape index (κ1) is 14.7. The molecule has 1 aromatic carbocycles. The van der Waals surface area contributed by atoms with E-state index in [0.717, 1.165) is 42.6 Å². The third kappa shape index (κ3) is 2.11. The fraction of sp³-hybridized carbons (Fsp3) is 0.579. The quantitative estimate of drug-likeness (QED) is 0.888. The molecule has 0 aromatic heterocycles. The van der Waals surface area contributed by atoms with E-state index in [4.69, 9.17) is 0 Å². The summed E-state index contributed by atoms with van der Waals surface area (Å²) in [6.45, 7) is 1.64. The summed E-state index contributed by atoms with van der Waals surface area (Å²) < 4.78 is 0. The standard InChI is InChI=1S/C19H22O4/c1-10-14(17(20)21)2-3-15(16(10)18(22)23)19-7-11-4-12(8-19)6-13(5-11)9-19/h2-3,11-13H,4-9H2,1H3,(H,20,21)(H,22,23). The average Bonchev–Trinajstić information content (AvgIpc) is 2.44. The molecule has 0 heterocycles. The molecule has 1 aromatic rings. The molecule has 0 amide bonds. The molecule has 4 aliphatic rings. The minimum Gasteiger partial charge on any atom is -0.478 e. The van der Waals surface area contributed by atoms with E-state index >= 15 is 0 Å².